The van der Waals surface area contributed by atoms with Crippen LogP contribution in [0.5, 0.6) is 0 Å². The highest BCUT2D eigenvalue weighted by Crippen LogP contribution is 2.31. The van der Waals surface area contributed by atoms with Crippen molar-refractivity contribution in [1.29, 1.82) is 0 Å². The van der Waals surface area contributed by atoms with E-state index in [-0.39, 0.29) is 10.0 Å². The summed E-state index contributed by atoms with van der Waals surface area (Å²) in [4.78, 5) is 0.162. The van der Waals surface area contributed by atoms with Gasteiger partial charge in [0.2, 0.25) is 0 Å². The standard InChI is InChI=1S/C9H9ClN2O2S2/c1-2-12-9(15)11-7-4-3-6(10)5-8(7)16(12,13)14/h3-5H,2H2,1H3,(H,11,15). The molecule has 1 aromatic carbocycles. The highest BCUT2D eigenvalue weighted by Gasteiger charge is 2.33. The van der Waals surface area contributed by atoms with Crippen molar-refractivity contribution in [3.8, 4) is 0 Å². The minimum atomic E-state index is -3.56. The van der Waals surface area contributed by atoms with Gasteiger partial charge in [0, 0.05) is 11.6 Å². The molecule has 0 unspecified atom stereocenters. The normalized spacial score (nSPS) is 17.9. The molecule has 2 rings (SSSR count). The lowest BCUT2D eigenvalue weighted by atomic mass is 10.3. The lowest BCUT2D eigenvalue weighted by Crippen LogP contribution is -2.43. The second kappa shape index (κ2) is 3.87. The third kappa shape index (κ3) is 1.66. The van der Waals surface area contributed by atoms with Crippen LogP contribution in [0, 0.1) is 0 Å². The summed E-state index contributed by atoms with van der Waals surface area (Å²) in [5, 5.41) is 3.44. The van der Waals surface area contributed by atoms with Gasteiger partial charge in [0.15, 0.2) is 5.11 Å². The minimum Gasteiger partial charge on any atom is -0.331 e. The van der Waals surface area contributed by atoms with Crippen LogP contribution < -0.4 is 5.32 Å². The summed E-state index contributed by atoms with van der Waals surface area (Å²) >= 11 is 10.8. The van der Waals surface area contributed by atoms with Crippen LogP contribution in [0.15, 0.2) is 23.1 Å². The van der Waals surface area contributed by atoms with Crippen molar-refractivity contribution in [1.82, 2.24) is 4.31 Å². The number of halogens is 1. The van der Waals surface area contributed by atoms with Crippen LogP contribution in [0.2, 0.25) is 5.02 Å². The average Bonchev–Trinajstić information content (AvgIpc) is 2.19. The maximum absolute atomic E-state index is 12.1. The van der Waals surface area contributed by atoms with Gasteiger partial charge in [0.05, 0.1) is 5.69 Å². The monoisotopic (exact) mass is 276 g/mol. The SMILES string of the molecule is CCN1C(=S)Nc2ccc(Cl)cc2S1(=O)=O. The van der Waals surface area contributed by atoms with Crippen LogP contribution in [0.1, 0.15) is 6.92 Å². The lowest BCUT2D eigenvalue weighted by molar-refractivity contribution is 0.531. The molecule has 86 valence electrons. The zero-order valence-electron chi connectivity index (χ0n) is 8.40. The lowest BCUT2D eigenvalue weighted by Gasteiger charge is -2.30. The number of anilines is 1. The third-order valence-corrected chi connectivity index (χ3v) is 4.85. The zero-order chi connectivity index (χ0) is 11.9. The molecule has 0 saturated carbocycles. The van der Waals surface area contributed by atoms with Crippen molar-refractivity contribution in [2.75, 3.05) is 11.9 Å². The topological polar surface area (TPSA) is 49.4 Å². The first kappa shape index (κ1) is 11.6. The highest BCUT2D eigenvalue weighted by atomic mass is 35.5. The summed E-state index contributed by atoms with van der Waals surface area (Å²) in [7, 11) is -3.56. The molecule has 1 heterocycles. The van der Waals surface area contributed by atoms with Crippen LogP contribution in [0.3, 0.4) is 0 Å². The van der Waals surface area contributed by atoms with E-state index in [1.54, 1.807) is 19.1 Å². The van der Waals surface area contributed by atoms with Gasteiger partial charge in [0.1, 0.15) is 4.90 Å². The van der Waals surface area contributed by atoms with Gasteiger partial charge in [-0.05, 0) is 37.3 Å². The Morgan fingerprint density at radius 2 is 2.19 bits per heavy atom. The number of sulfonamides is 1. The van der Waals surface area contributed by atoms with E-state index in [1.165, 1.54) is 6.07 Å². The number of nitrogens with zero attached hydrogens (tertiary/aromatic N) is 1. The first-order valence-electron chi connectivity index (χ1n) is 4.60. The molecule has 4 nitrogen and oxygen atoms in total. The van der Waals surface area contributed by atoms with E-state index in [0.29, 0.717) is 17.3 Å². The number of hydrogen-bond acceptors (Lipinski definition) is 3. The first-order valence-corrected chi connectivity index (χ1v) is 6.82. The summed E-state index contributed by atoms with van der Waals surface area (Å²) in [5.74, 6) is 0. The molecule has 0 aliphatic carbocycles. The fraction of sp³-hybridized carbons (Fsp3) is 0.222. The largest absolute Gasteiger partial charge is 0.331 e. The molecule has 1 aliphatic rings. The Morgan fingerprint density at radius 3 is 2.81 bits per heavy atom. The van der Waals surface area contributed by atoms with Crippen LogP contribution in [0.25, 0.3) is 0 Å². The van der Waals surface area contributed by atoms with E-state index in [2.05, 4.69) is 5.32 Å². The Balaban J connectivity index is 2.68. The van der Waals surface area contributed by atoms with Gasteiger partial charge in [-0.2, -0.15) is 0 Å². The number of nitrogens with one attached hydrogen (secondary N) is 1. The summed E-state index contributed by atoms with van der Waals surface area (Å²) in [6, 6.07) is 4.64. The van der Waals surface area contributed by atoms with Crippen molar-refractivity contribution in [3.05, 3.63) is 23.2 Å². The Morgan fingerprint density at radius 1 is 1.50 bits per heavy atom. The number of rotatable bonds is 1. The molecule has 0 radical (unpaired) electrons. The molecular formula is C9H9ClN2O2S2. The molecule has 1 aromatic rings. The van der Waals surface area contributed by atoms with Crippen LogP contribution >= 0.6 is 23.8 Å². The summed E-state index contributed by atoms with van der Waals surface area (Å²) < 4.78 is 25.4. The first-order chi connectivity index (χ1) is 7.46. The van der Waals surface area contributed by atoms with E-state index < -0.39 is 10.0 Å². The quantitative estimate of drug-likeness (QED) is 0.798. The van der Waals surface area contributed by atoms with Gasteiger partial charge in [-0.15, -0.1) is 0 Å². The molecule has 0 bridgehead atoms. The fourth-order valence-electron chi connectivity index (χ4n) is 1.53. The molecular weight excluding hydrogens is 268 g/mol. The average molecular weight is 277 g/mol. The molecule has 1 N–H and O–H groups in total. The van der Waals surface area contributed by atoms with Crippen LogP contribution in [0.4, 0.5) is 5.69 Å². The van der Waals surface area contributed by atoms with Gasteiger partial charge in [-0.3, -0.25) is 0 Å². The fourth-order valence-corrected chi connectivity index (χ4v) is 3.82. The summed E-state index contributed by atoms with van der Waals surface area (Å²) in [6.45, 7) is 2.02. The Kier molecular flexibility index (Phi) is 2.81. The molecule has 0 atom stereocenters. The highest BCUT2D eigenvalue weighted by molar-refractivity contribution is 7.92. The summed E-state index contributed by atoms with van der Waals surface area (Å²) in [6.07, 6.45) is 0. The number of thiocarbonyl (C=S) groups is 1. The molecule has 1 aliphatic heterocycles. The second-order valence-corrected chi connectivity index (χ2v) is 5.89. The van der Waals surface area contributed by atoms with Crippen molar-refractivity contribution in [2.24, 2.45) is 0 Å². The smallest absolute Gasteiger partial charge is 0.268 e. The van der Waals surface area contributed by atoms with E-state index in [4.69, 9.17) is 23.8 Å². The van der Waals surface area contributed by atoms with Gasteiger partial charge >= 0.3 is 0 Å². The van der Waals surface area contributed by atoms with Crippen LogP contribution in [-0.2, 0) is 10.0 Å². The van der Waals surface area contributed by atoms with E-state index >= 15 is 0 Å². The second-order valence-electron chi connectivity index (χ2n) is 3.24. The molecule has 0 fully saturated rings. The number of benzene rings is 1. The predicted octanol–water partition coefficient (Wildman–Crippen LogP) is 2.06. The molecule has 0 saturated heterocycles. The van der Waals surface area contributed by atoms with Gasteiger partial charge in [0.25, 0.3) is 10.0 Å². The van der Waals surface area contributed by atoms with Crippen molar-refractivity contribution >= 4 is 44.6 Å². The Bertz CT molecular complexity index is 557. The van der Waals surface area contributed by atoms with Crippen LogP contribution in [-0.4, -0.2) is 24.4 Å². The van der Waals surface area contributed by atoms with Gasteiger partial charge in [-0.25, -0.2) is 12.7 Å². The number of fused-ring (bicyclic) bond motifs is 1. The Labute approximate surface area is 104 Å². The van der Waals surface area contributed by atoms with Gasteiger partial charge < -0.3 is 5.32 Å². The number of hydrogen-bond donors (Lipinski definition) is 1. The van der Waals surface area contributed by atoms with E-state index in [1.807, 2.05) is 0 Å². The van der Waals surface area contributed by atoms with Gasteiger partial charge in [-0.1, -0.05) is 11.6 Å². The molecule has 0 amide bonds. The minimum absolute atomic E-state index is 0.162. The summed E-state index contributed by atoms with van der Waals surface area (Å²) in [5.41, 5.74) is 0.471. The molecule has 16 heavy (non-hydrogen) atoms. The van der Waals surface area contributed by atoms with E-state index in [0.717, 1.165) is 4.31 Å². The third-order valence-electron chi connectivity index (χ3n) is 2.27. The van der Waals surface area contributed by atoms with Crippen molar-refractivity contribution in [2.45, 2.75) is 11.8 Å². The molecule has 0 spiro atoms. The maximum atomic E-state index is 12.1. The van der Waals surface area contributed by atoms with E-state index in [9.17, 15) is 8.42 Å². The van der Waals surface area contributed by atoms with Crippen molar-refractivity contribution in [3.63, 3.8) is 0 Å². The maximum Gasteiger partial charge on any atom is 0.268 e. The van der Waals surface area contributed by atoms with Crippen molar-refractivity contribution < 1.29 is 8.42 Å². The molecule has 7 heteroatoms. The predicted molar refractivity (Wildman–Crippen MR) is 67.2 cm³/mol. The Hall–Kier alpha value is -0.850. The zero-order valence-corrected chi connectivity index (χ0v) is 10.8. The molecule has 0 aromatic heterocycles.